The zero-order valence-corrected chi connectivity index (χ0v) is 17.0. The highest BCUT2D eigenvalue weighted by Gasteiger charge is 2.21. The topological polar surface area (TPSA) is 105 Å². The molecule has 0 unspecified atom stereocenters. The Morgan fingerprint density at radius 3 is 2.37 bits per heavy atom. The second-order valence-corrected chi connectivity index (χ2v) is 7.01. The maximum Gasteiger partial charge on any atom is 0.325 e. The fourth-order valence-electron chi connectivity index (χ4n) is 3.41. The third kappa shape index (κ3) is 4.46. The number of aryl methyl sites for hydroxylation is 1. The number of hydrogen-bond donors (Lipinski definition) is 2. The van der Waals surface area contributed by atoms with Crippen LogP contribution in [0.25, 0.3) is 10.8 Å². The SMILES string of the molecule is CC(=O)c1c(C)[nH]c(C(=O)COC(=O)CNC(=O)c2ccc3ccccc3c2)c1C. The molecule has 0 fully saturated rings. The maximum atomic E-state index is 12.3. The number of aromatic amines is 1. The summed E-state index contributed by atoms with van der Waals surface area (Å²) in [7, 11) is 0. The Balaban J connectivity index is 1.54. The van der Waals surface area contributed by atoms with E-state index < -0.39 is 24.3 Å². The van der Waals surface area contributed by atoms with E-state index in [-0.39, 0.29) is 18.0 Å². The van der Waals surface area contributed by atoms with Crippen molar-refractivity contribution in [2.75, 3.05) is 13.2 Å². The quantitative estimate of drug-likeness (QED) is 0.463. The van der Waals surface area contributed by atoms with Gasteiger partial charge in [-0.1, -0.05) is 30.3 Å². The van der Waals surface area contributed by atoms with Crippen molar-refractivity contribution < 1.29 is 23.9 Å². The second-order valence-electron chi connectivity index (χ2n) is 7.01. The molecule has 30 heavy (non-hydrogen) atoms. The number of nitrogens with one attached hydrogen (secondary N) is 2. The van der Waals surface area contributed by atoms with E-state index in [4.69, 9.17) is 4.74 Å². The number of benzene rings is 2. The Morgan fingerprint density at radius 2 is 1.70 bits per heavy atom. The van der Waals surface area contributed by atoms with Crippen molar-refractivity contribution in [2.24, 2.45) is 0 Å². The van der Waals surface area contributed by atoms with E-state index in [0.29, 0.717) is 22.4 Å². The van der Waals surface area contributed by atoms with Crippen LogP contribution in [0.5, 0.6) is 0 Å². The number of ether oxygens (including phenoxy) is 1. The molecule has 1 heterocycles. The first-order chi connectivity index (χ1) is 14.3. The average molecular weight is 406 g/mol. The lowest BCUT2D eigenvalue weighted by Crippen LogP contribution is -2.31. The number of carbonyl (C=O) groups is 4. The van der Waals surface area contributed by atoms with Gasteiger partial charge < -0.3 is 15.0 Å². The fourth-order valence-corrected chi connectivity index (χ4v) is 3.41. The number of aromatic nitrogens is 1. The van der Waals surface area contributed by atoms with Gasteiger partial charge in [-0.25, -0.2) is 0 Å². The van der Waals surface area contributed by atoms with E-state index in [9.17, 15) is 19.2 Å². The van der Waals surface area contributed by atoms with Crippen LogP contribution >= 0.6 is 0 Å². The summed E-state index contributed by atoms with van der Waals surface area (Å²) in [6.45, 7) is 3.95. The van der Waals surface area contributed by atoms with E-state index >= 15 is 0 Å². The van der Waals surface area contributed by atoms with Crippen LogP contribution < -0.4 is 5.32 Å². The summed E-state index contributed by atoms with van der Waals surface area (Å²) in [6, 6.07) is 12.9. The predicted octanol–water partition coefficient (Wildman–Crippen LogP) is 3.14. The molecule has 154 valence electrons. The van der Waals surface area contributed by atoms with Gasteiger partial charge in [0.2, 0.25) is 5.78 Å². The summed E-state index contributed by atoms with van der Waals surface area (Å²) in [5, 5.41) is 4.41. The lowest BCUT2D eigenvalue weighted by Gasteiger charge is -2.07. The average Bonchev–Trinajstić information content (AvgIpc) is 3.03. The summed E-state index contributed by atoms with van der Waals surface area (Å²) in [5.74, 6) is -1.73. The minimum atomic E-state index is -0.731. The molecule has 7 nitrogen and oxygen atoms in total. The largest absolute Gasteiger partial charge is 0.456 e. The molecule has 3 rings (SSSR count). The molecule has 2 N–H and O–H groups in total. The highest BCUT2D eigenvalue weighted by molar-refractivity contribution is 6.04. The lowest BCUT2D eigenvalue weighted by atomic mass is 10.1. The number of Topliss-reactive ketones (excluding diaryl/α,β-unsaturated/α-hetero) is 2. The molecule has 0 saturated heterocycles. The molecule has 0 spiro atoms. The molecule has 0 radical (unpaired) electrons. The third-order valence-corrected chi connectivity index (χ3v) is 4.84. The normalized spacial score (nSPS) is 10.6. The Bertz CT molecular complexity index is 1160. The number of amides is 1. The van der Waals surface area contributed by atoms with Crippen LogP contribution in [0.4, 0.5) is 0 Å². The van der Waals surface area contributed by atoms with Gasteiger partial charge >= 0.3 is 5.97 Å². The molecule has 3 aromatic rings. The highest BCUT2D eigenvalue weighted by Crippen LogP contribution is 2.19. The van der Waals surface area contributed by atoms with E-state index in [1.807, 2.05) is 30.3 Å². The molecule has 2 aromatic carbocycles. The summed E-state index contributed by atoms with van der Waals surface area (Å²) in [6.07, 6.45) is 0. The zero-order valence-electron chi connectivity index (χ0n) is 17.0. The number of ketones is 2. The molecular weight excluding hydrogens is 384 g/mol. The smallest absolute Gasteiger partial charge is 0.325 e. The summed E-state index contributed by atoms with van der Waals surface area (Å²) in [4.78, 5) is 51.1. The van der Waals surface area contributed by atoms with Crippen molar-refractivity contribution in [3.8, 4) is 0 Å². The number of fused-ring (bicyclic) bond motifs is 1. The van der Waals surface area contributed by atoms with Crippen LogP contribution in [0.15, 0.2) is 42.5 Å². The Kier molecular flexibility index (Phi) is 6.11. The first-order valence-corrected chi connectivity index (χ1v) is 9.44. The van der Waals surface area contributed by atoms with Gasteiger partial charge in [0.1, 0.15) is 6.54 Å². The number of carbonyl (C=O) groups excluding carboxylic acids is 4. The standard InChI is InChI=1S/C23H22N2O5/c1-13-21(15(3)26)14(2)25-22(13)19(27)12-30-20(28)11-24-23(29)18-9-8-16-6-4-5-7-17(16)10-18/h4-10,25H,11-12H2,1-3H3,(H,24,29). The predicted molar refractivity (Wildman–Crippen MR) is 112 cm³/mol. The van der Waals surface area contributed by atoms with Crippen LogP contribution in [0.2, 0.25) is 0 Å². The maximum absolute atomic E-state index is 12.3. The van der Waals surface area contributed by atoms with Crippen molar-refractivity contribution in [1.82, 2.24) is 10.3 Å². The van der Waals surface area contributed by atoms with Crippen molar-refractivity contribution in [3.63, 3.8) is 0 Å². The Labute approximate surface area is 173 Å². The monoisotopic (exact) mass is 406 g/mol. The lowest BCUT2D eigenvalue weighted by molar-refractivity contribution is -0.141. The van der Waals surface area contributed by atoms with E-state index in [1.165, 1.54) is 6.92 Å². The van der Waals surface area contributed by atoms with Crippen molar-refractivity contribution in [1.29, 1.82) is 0 Å². The Morgan fingerprint density at radius 1 is 1.00 bits per heavy atom. The Hall–Kier alpha value is -3.74. The van der Waals surface area contributed by atoms with Crippen LogP contribution in [0.1, 0.15) is 49.4 Å². The van der Waals surface area contributed by atoms with Gasteiger partial charge in [0.25, 0.3) is 5.91 Å². The summed E-state index contributed by atoms with van der Waals surface area (Å²) in [5.41, 5.74) is 2.26. The summed E-state index contributed by atoms with van der Waals surface area (Å²) < 4.78 is 4.97. The molecule has 0 bridgehead atoms. The summed E-state index contributed by atoms with van der Waals surface area (Å²) >= 11 is 0. The molecule has 7 heteroatoms. The highest BCUT2D eigenvalue weighted by atomic mass is 16.5. The molecule has 1 amide bonds. The molecule has 0 aliphatic carbocycles. The molecule has 0 aliphatic heterocycles. The van der Waals surface area contributed by atoms with Gasteiger partial charge in [0, 0.05) is 16.8 Å². The number of H-pyrrole nitrogens is 1. The van der Waals surface area contributed by atoms with E-state index in [2.05, 4.69) is 10.3 Å². The van der Waals surface area contributed by atoms with Gasteiger partial charge in [-0.2, -0.15) is 0 Å². The first-order valence-electron chi connectivity index (χ1n) is 9.44. The number of hydrogen-bond acceptors (Lipinski definition) is 5. The molecule has 0 saturated carbocycles. The molecule has 0 atom stereocenters. The van der Waals surface area contributed by atoms with Gasteiger partial charge in [-0.05, 0) is 49.2 Å². The molecular formula is C23H22N2O5. The van der Waals surface area contributed by atoms with Crippen molar-refractivity contribution in [3.05, 3.63) is 70.5 Å². The van der Waals surface area contributed by atoms with Gasteiger partial charge in [-0.15, -0.1) is 0 Å². The van der Waals surface area contributed by atoms with Crippen LogP contribution in [-0.2, 0) is 9.53 Å². The first kappa shape index (κ1) is 21.0. The zero-order chi connectivity index (χ0) is 21.8. The van der Waals surface area contributed by atoms with Crippen molar-refractivity contribution >= 4 is 34.2 Å². The number of esters is 1. The molecule has 1 aromatic heterocycles. The van der Waals surface area contributed by atoms with E-state index in [0.717, 1.165) is 10.8 Å². The third-order valence-electron chi connectivity index (χ3n) is 4.84. The number of rotatable bonds is 7. The second kappa shape index (κ2) is 8.73. The fraction of sp³-hybridized carbons (Fsp3) is 0.217. The van der Waals surface area contributed by atoms with Gasteiger partial charge in [0.05, 0.1) is 5.69 Å². The van der Waals surface area contributed by atoms with Crippen molar-refractivity contribution in [2.45, 2.75) is 20.8 Å². The van der Waals surface area contributed by atoms with Crippen LogP contribution in [0.3, 0.4) is 0 Å². The molecule has 0 aliphatic rings. The minimum Gasteiger partial charge on any atom is -0.456 e. The van der Waals surface area contributed by atoms with Crippen LogP contribution in [-0.4, -0.2) is 41.6 Å². The van der Waals surface area contributed by atoms with Crippen LogP contribution in [0, 0.1) is 13.8 Å². The van der Waals surface area contributed by atoms with E-state index in [1.54, 1.807) is 26.0 Å². The van der Waals surface area contributed by atoms with Gasteiger partial charge in [-0.3, -0.25) is 19.2 Å². The minimum absolute atomic E-state index is 0.145. The van der Waals surface area contributed by atoms with Gasteiger partial charge in [0.15, 0.2) is 12.4 Å².